The number of aromatic amines is 1. The molecule has 1 atom stereocenters. The van der Waals surface area contributed by atoms with E-state index in [1.807, 2.05) is 36.4 Å². The summed E-state index contributed by atoms with van der Waals surface area (Å²) in [5.74, 6) is 5.32. The molecule has 7 heteroatoms. The fourth-order valence-electron chi connectivity index (χ4n) is 4.05. The second kappa shape index (κ2) is 10.5. The Morgan fingerprint density at radius 2 is 2.03 bits per heavy atom. The van der Waals surface area contributed by atoms with Gasteiger partial charge in [0.1, 0.15) is 12.4 Å². The minimum absolute atomic E-state index is 0.0189. The standard InChI is InChI=1S/C26H26N2O4S/c1-2-4-21(14-25(29)30)20-7-9-22(10-8-20)32-17-19-6-3-5-18(13-19)15-28-12-11-23-24(16-28)33-26(31)27-23/h3,5-10,13,21H,11-12,14-17H2,1H3,(H,27,31)(H,29,30)/t21-/m0/s1. The Kier molecular flexibility index (Phi) is 7.28. The number of H-pyrrole nitrogens is 1. The summed E-state index contributed by atoms with van der Waals surface area (Å²) in [7, 11) is 0. The Hall–Kier alpha value is -3.34. The number of aromatic nitrogens is 1. The number of fused-ring (bicyclic) bond motifs is 1. The van der Waals surface area contributed by atoms with Crippen molar-refractivity contribution in [3.63, 3.8) is 0 Å². The van der Waals surface area contributed by atoms with Crippen LogP contribution >= 0.6 is 11.3 Å². The van der Waals surface area contributed by atoms with E-state index < -0.39 is 5.97 Å². The number of aliphatic carboxylic acids is 1. The lowest BCUT2D eigenvalue weighted by molar-refractivity contribution is -0.137. The predicted octanol–water partition coefficient (Wildman–Crippen LogP) is 4.16. The van der Waals surface area contributed by atoms with Crippen molar-refractivity contribution in [2.75, 3.05) is 6.54 Å². The third-order valence-corrected chi connectivity index (χ3v) is 6.54. The van der Waals surface area contributed by atoms with E-state index in [-0.39, 0.29) is 17.2 Å². The number of carboxylic acids is 1. The highest BCUT2D eigenvalue weighted by Crippen LogP contribution is 2.24. The zero-order chi connectivity index (χ0) is 23.2. The van der Waals surface area contributed by atoms with Crippen molar-refractivity contribution in [3.05, 3.63) is 85.5 Å². The Morgan fingerprint density at radius 1 is 1.24 bits per heavy atom. The number of ether oxygens (including phenoxy) is 1. The van der Waals surface area contributed by atoms with Crippen LogP contribution in [0.5, 0.6) is 5.75 Å². The van der Waals surface area contributed by atoms with Crippen molar-refractivity contribution in [3.8, 4) is 17.6 Å². The van der Waals surface area contributed by atoms with Gasteiger partial charge in [0.2, 0.25) is 0 Å². The second-order valence-electron chi connectivity index (χ2n) is 8.10. The molecule has 2 aromatic carbocycles. The molecule has 3 aromatic rings. The van der Waals surface area contributed by atoms with Gasteiger partial charge in [0.25, 0.3) is 0 Å². The minimum Gasteiger partial charge on any atom is -0.489 e. The fraction of sp³-hybridized carbons (Fsp3) is 0.308. The van der Waals surface area contributed by atoms with Crippen molar-refractivity contribution >= 4 is 17.3 Å². The van der Waals surface area contributed by atoms with Crippen LogP contribution in [0.4, 0.5) is 0 Å². The van der Waals surface area contributed by atoms with Crippen LogP contribution in [0.3, 0.4) is 0 Å². The normalized spacial score (nSPS) is 14.1. The summed E-state index contributed by atoms with van der Waals surface area (Å²) in [6.45, 7) is 4.72. The molecular formula is C26H26N2O4S. The van der Waals surface area contributed by atoms with Gasteiger partial charge in [0.05, 0.1) is 12.3 Å². The molecule has 33 heavy (non-hydrogen) atoms. The van der Waals surface area contributed by atoms with Crippen molar-refractivity contribution in [1.29, 1.82) is 0 Å². The van der Waals surface area contributed by atoms with E-state index >= 15 is 0 Å². The molecule has 0 bridgehead atoms. The number of benzene rings is 2. The number of thiazole rings is 1. The molecule has 1 aliphatic heterocycles. The molecule has 2 heterocycles. The van der Waals surface area contributed by atoms with E-state index in [9.17, 15) is 9.59 Å². The Morgan fingerprint density at radius 3 is 2.79 bits per heavy atom. The van der Waals surface area contributed by atoms with Gasteiger partial charge in [-0.05, 0) is 35.7 Å². The molecular weight excluding hydrogens is 436 g/mol. The zero-order valence-corrected chi connectivity index (χ0v) is 19.3. The van der Waals surface area contributed by atoms with Gasteiger partial charge < -0.3 is 14.8 Å². The van der Waals surface area contributed by atoms with Crippen molar-refractivity contribution in [2.45, 2.75) is 45.4 Å². The number of hydrogen-bond donors (Lipinski definition) is 2. The summed E-state index contributed by atoms with van der Waals surface area (Å²) < 4.78 is 5.96. The Bertz CT molecular complexity index is 1230. The first-order chi connectivity index (χ1) is 16.0. The maximum absolute atomic E-state index is 11.6. The summed E-state index contributed by atoms with van der Waals surface area (Å²) >= 11 is 1.31. The SMILES string of the molecule is CC#C[C@@H](CC(=O)O)c1ccc(OCc2cccc(CN3CCc4[nH]c(=O)sc4C3)c2)cc1. The first-order valence-corrected chi connectivity index (χ1v) is 11.7. The van der Waals surface area contributed by atoms with Crippen LogP contribution < -0.4 is 9.61 Å². The smallest absolute Gasteiger partial charge is 0.304 e. The molecule has 1 aliphatic rings. The van der Waals surface area contributed by atoms with Gasteiger partial charge in [0.15, 0.2) is 0 Å². The molecule has 0 aliphatic carbocycles. The van der Waals surface area contributed by atoms with Crippen molar-refractivity contribution < 1.29 is 14.6 Å². The highest BCUT2D eigenvalue weighted by atomic mass is 32.1. The van der Waals surface area contributed by atoms with Gasteiger partial charge in [-0.15, -0.1) is 5.92 Å². The number of nitrogens with one attached hydrogen (secondary N) is 1. The third-order valence-electron chi connectivity index (χ3n) is 5.63. The van der Waals surface area contributed by atoms with Crippen LogP contribution in [0.2, 0.25) is 0 Å². The molecule has 0 radical (unpaired) electrons. The van der Waals surface area contributed by atoms with Gasteiger partial charge in [0, 0.05) is 36.6 Å². The van der Waals surface area contributed by atoms with Gasteiger partial charge >= 0.3 is 10.8 Å². The second-order valence-corrected chi connectivity index (χ2v) is 9.17. The van der Waals surface area contributed by atoms with E-state index in [0.717, 1.165) is 53.5 Å². The third kappa shape index (κ3) is 6.13. The van der Waals surface area contributed by atoms with Crippen LogP contribution in [0, 0.1) is 11.8 Å². The van der Waals surface area contributed by atoms with E-state index in [1.54, 1.807) is 6.92 Å². The first-order valence-electron chi connectivity index (χ1n) is 10.9. The summed E-state index contributed by atoms with van der Waals surface area (Å²) in [4.78, 5) is 29.1. The lowest BCUT2D eigenvalue weighted by Crippen LogP contribution is -2.29. The summed E-state index contributed by atoms with van der Waals surface area (Å²) in [5.41, 5.74) is 4.26. The summed E-state index contributed by atoms with van der Waals surface area (Å²) in [5, 5.41) is 9.10. The van der Waals surface area contributed by atoms with E-state index in [0.29, 0.717) is 6.61 Å². The minimum atomic E-state index is -0.864. The molecule has 1 aromatic heterocycles. The quantitative estimate of drug-likeness (QED) is 0.492. The van der Waals surface area contributed by atoms with Gasteiger partial charge in [-0.1, -0.05) is 53.7 Å². The van der Waals surface area contributed by atoms with Crippen LogP contribution in [0.15, 0.2) is 53.3 Å². The first kappa shape index (κ1) is 22.8. The highest BCUT2D eigenvalue weighted by Gasteiger charge is 2.19. The number of carboxylic acid groups (broad SMARTS) is 1. The van der Waals surface area contributed by atoms with Crippen molar-refractivity contribution in [2.24, 2.45) is 0 Å². The molecule has 0 fully saturated rings. The molecule has 4 rings (SSSR count). The van der Waals surface area contributed by atoms with Crippen LogP contribution in [0.1, 0.15) is 46.5 Å². The van der Waals surface area contributed by atoms with E-state index in [4.69, 9.17) is 9.84 Å². The average Bonchev–Trinajstić information content (AvgIpc) is 3.17. The summed E-state index contributed by atoms with van der Waals surface area (Å²) in [6, 6.07) is 15.8. The van der Waals surface area contributed by atoms with Gasteiger partial charge in [-0.25, -0.2) is 0 Å². The van der Waals surface area contributed by atoms with Gasteiger partial charge in [-0.2, -0.15) is 0 Å². The number of hydrogen-bond acceptors (Lipinski definition) is 5. The molecule has 2 N–H and O–H groups in total. The maximum atomic E-state index is 11.6. The monoisotopic (exact) mass is 462 g/mol. The van der Waals surface area contributed by atoms with Crippen LogP contribution in [0.25, 0.3) is 0 Å². The highest BCUT2D eigenvalue weighted by molar-refractivity contribution is 7.09. The number of nitrogens with zero attached hydrogens (tertiary/aromatic N) is 1. The Labute approximate surface area is 196 Å². The molecule has 170 valence electrons. The molecule has 0 saturated heterocycles. The number of rotatable bonds is 8. The zero-order valence-electron chi connectivity index (χ0n) is 18.5. The average molecular weight is 463 g/mol. The lowest BCUT2D eigenvalue weighted by Gasteiger charge is -2.26. The molecule has 0 spiro atoms. The van der Waals surface area contributed by atoms with Crippen LogP contribution in [-0.2, 0) is 30.9 Å². The molecule has 0 unspecified atom stereocenters. The fourth-order valence-corrected chi connectivity index (χ4v) is 4.97. The maximum Gasteiger partial charge on any atom is 0.304 e. The largest absolute Gasteiger partial charge is 0.489 e. The number of carbonyl (C=O) groups is 1. The Balaban J connectivity index is 1.34. The van der Waals surface area contributed by atoms with Crippen LogP contribution in [-0.4, -0.2) is 27.5 Å². The van der Waals surface area contributed by atoms with E-state index in [2.05, 4.69) is 33.9 Å². The van der Waals surface area contributed by atoms with Gasteiger partial charge in [-0.3, -0.25) is 14.5 Å². The molecule has 0 amide bonds. The topological polar surface area (TPSA) is 82.6 Å². The molecule has 0 saturated carbocycles. The van der Waals surface area contributed by atoms with Crippen molar-refractivity contribution in [1.82, 2.24) is 9.88 Å². The van der Waals surface area contributed by atoms with E-state index in [1.165, 1.54) is 16.9 Å². The predicted molar refractivity (Wildman–Crippen MR) is 128 cm³/mol. The summed E-state index contributed by atoms with van der Waals surface area (Å²) in [6.07, 6.45) is 0.860. The lowest BCUT2D eigenvalue weighted by atomic mass is 9.96. The molecule has 6 nitrogen and oxygen atoms in total.